The predicted molar refractivity (Wildman–Crippen MR) is 53.9 cm³/mol. The Balaban J connectivity index is 2.12. The van der Waals surface area contributed by atoms with E-state index >= 15 is 0 Å². The van der Waals surface area contributed by atoms with Crippen molar-refractivity contribution in [3.8, 4) is 0 Å². The lowest BCUT2D eigenvalue weighted by Crippen LogP contribution is -2.01. The number of carbonyl (C=O) groups excluding carboxylic acids is 1. The second-order valence-corrected chi connectivity index (χ2v) is 3.77. The van der Waals surface area contributed by atoms with Crippen molar-refractivity contribution in [3.63, 3.8) is 0 Å². The van der Waals surface area contributed by atoms with Gasteiger partial charge in [0.1, 0.15) is 0 Å². The Morgan fingerprint density at radius 2 is 2.00 bits per heavy atom. The topological polar surface area (TPSA) is 57.5 Å². The fourth-order valence-corrected chi connectivity index (χ4v) is 1.71. The number of ketones is 1. The SMILES string of the molecule is O=C1CC(O)C=C1CCCCCCO. The summed E-state index contributed by atoms with van der Waals surface area (Å²) in [5, 5.41) is 17.7. The number of unbranched alkanes of at least 4 members (excludes halogenated alkanes) is 3. The minimum absolute atomic E-state index is 0.0969. The van der Waals surface area contributed by atoms with Gasteiger partial charge in [0.15, 0.2) is 5.78 Å². The van der Waals surface area contributed by atoms with Crippen LogP contribution < -0.4 is 0 Å². The maximum atomic E-state index is 11.2. The highest BCUT2D eigenvalue weighted by molar-refractivity contribution is 5.98. The van der Waals surface area contributed by atoms with Crippen molar-refractivity contribution in [1.82, 2.24) is 0 Å². The van der Waals surface area contributed by atoms with E-state index in [1.54, 1.807) is 6.08 Å². The second-order valence-electron chi connectivity index (χ2n) is 3.77. The van der Waals surface area contributed by atoms with Gasteiger partial charge in [-0.3, -0.25) is 4.79 Å². The molecule has 3 nitrogen and oxygen atoms in total. The third-order valence-electron chi connectivity index (χ3n) is 2.50. The number of aliphatic hydroxyl groups excluding tert-OH is 2. The van der Waals surface area contributed by atoms with Crippen LogP contribution in [0.3, 0.4) is 0 Å². The van der Waals surface area contributed by atoms with E-state index in [0.29, 0.717) is 0 Å². The molecule has 0 bridgehead atoms. The molecule has 0 saturated heterocycles. The number of hydrogen-bond acceptors (Lipinski definition) is 3. The molecule has 0 saturated carbocycles. The minimum Gasteiger partial charge on any atom is -0.396 e. The Labute approximate surface area is 84.4 Å². The van der Waals surface area contributed by atoms with Gasteiger partial charge in [-0.1, -0.05) is 12.8 Å². The Bertz CT molecular complexity index is 221. The molecule has 0 fully saturated rings. The first-order valence-electron chi connectivity index (χ1n) is 5.27. The fraction of sp³-hybridized carbons (Fsp3) is 0.727. The molecule has 1 aliphatic carbocycles. The van der Waals surface area contributed by atoms with Crippen LogP contribution in [0.2, 0.25) is 0 Å². The van der Waals surface area contributed by atoms with Gasteiger partial charge in [0.25, 0.3) is 0 Å². The molecular weight excluding hydrogens is 180 g/mol. The highest BCUT2D eigenvalue weighted by Crippen LogP contribution is 2.20. The number of aliphatic hydroxyl groups is 2. The number of allylic oxidation sites excluding steroid dienone is 1. The zero-order valence-corrected chi connectivity index (χ0v) is 8.41. The molecular formula is C11H18O3. The molecule has 0 spiro atoms. The summed E-state index contributed by atoms with van der Waals surface area (Å²) in [6, 6.07) is 0. The van der Waals surface area contributed by atoms with Crippen molar-refractivity contribution in [2.75, 3.05) is 6.61 Å². The van der Waals surface area contributed by atoms with Crippen molar-refractivity contribution in [1.29, 1.82) is 0 Å². The van der Waals surface area contributed by atoms with Crippen LogP contribution in [0.25, 0.3) is 0 Å². The lowest BCUT2D eigenvalue weighted by Gasteiger charge is -2.00. The summed E-state index contributed by atoms with van der Waals surface area (Å²) in [7, 11) is 0. The van der Waals surface area contributed by atoms with Crippen LogP contribution in [0.15, 0.2) is 11.6 Å². The molecule has 0 aromatic carbocycles. The smallest absolute Gasteiger partial charge is 0.161 e. The predicted octanol–water partition coefficient (Wildman–Crippen LogP) is 1.19. The Morgan fingerprint density at radius 3 is 2.57 bits per heavy atom. The average Bonchev–Trinajstić information content (AvgIpc) is 2.45. The van der Waals surface area contributed by atoms with Gasteiger partial charge in [-0.25, -0.2) is 0 Å². The van der Waals surface area contributed by atoms with E-state index in [1.165, 1.54) is 0 Å². The van der Waals surface area contributed by atoms with Crippen LogP contribution in [0.4, 0.5) is 0 Å². The van der Waals surface area contributed by atoms with Crippen molar-refractivity contribution in [3.05, 3.63) is 11.6 Å². The maximum Gasteiger partial charge on any atom is 0.161 e. The highest BCUT2D eigenvalue weighted by Gasteiger charge is 2.20. The molecule has 0 aliphatic heterocycles. The molecule has 0 amide bonds. The molecule has 1 unspecified atom stereocenters. The Morgan fingerprint density at radius 1 is 1.29 bits per heavy atom. The van der Waals surface area contributed by atoms with Crippen molar-refractivity contribution < 1.29 is 15.0 Å². The van der Waals surface area contributed by atoms with Crippen molar-refractivity contribution in [2.24, 2.45) is 0 Å². The minimum atomic E-state index is -0.546. The summed E-state index contributed by atoms with van der Waals surface area (Å²) >= 11 is 0. The lowest BCUT2D eigenvalue weighted by atomic mass is 10.1. The monoisotopic (exact) mass is 198 g/mol. The standard InChI is InChI=1S/C11H18O3/c12-6-4-2-1-3-5-9-7-10(13)8-11(9)14/h7,10,12-13H,1-6,8H2. The van der Waals surface area contributed by atoms with Gasteiger partial charge in [0.2, 0.25) is 0 Å². The molecule has 3 heteroatoms. The molecule has 1 rings (SSSR count). The van der Waals surface area contributed by atoms with Crippen LogP contribution in [0.1, 0.15) is 38.5 Å². The van der Waals surface area contributed by atoms with Gasteiger partial charge in [0.05, 0.1) is 6.10 Å². The molecule has 0 heterocycles. The summed E-state index contributed by atoms with van der Waals surface area (Å²) in [5.41, 5.74) is 0.793. The number of Topliss-reactive ketones (excluding diaryl/α,β-unsaturated/α-hetero) is 1. The molecule has 1 atom stereocenters. The summed E-state index contributed by atoms with van der Waals surface area (Å²) in [5.74, 6) is 0.0969. The summed E-state index contributed by atoms with van der Waals surface area (Å²) in [6.07, 6.45) is 6.05. The summed E-state index contributed by atoms with van der Waals surface area (Å²) in [6.45, 7) is 0.250. The Kier molecular flexibility index (Phi) is 4.84. The van der Waals surface area contributed by atoms with Crippen LogP contribution in [0.5, 0.6) is 0 Å². The fourth-order valence-electron chi connectivity index (χ4n) is 1.71. The van der Waals surface area contributed by atoms with Crippen molar-refractivity contribution in [2.45, 2.75) is 44.6 Å². The van der Waals surface area contributed by atoms with Gasteiger partial charge < -0.3 is 10.2 Å². The second kappa shape index (κ2) is 5.94. The van der Waals surface area contributed by atoms with Gasteiger partial charge in [-0.2, -0.15) is 0 Å². The molecule has 0 radical (unpaired) electrons. The van der Waals surface area contributed by atoms with E-state index in [2.05, 4.69) is 0 Å². The molecule has 0 aromatic rings. The summed E-state index contributed by atoms with van der Waals surface area (Å²) < 4.78 is 0. The third-order valence-corrected chi connectivity index (χ3v) is 2.50. The van der Waals surface area contributed by atoms with Crippen LogP contribution in [-0.2, 0) is 4.79 Å². The Hall–Kier alpha value is -0.670. The van der Waals surface area contributed by atoms with Gasteiger partial charge >= 0.3 is 0 Å². The maximum absolute atomic E-state index is 11.2. The van der Waals surface area contributed by atoms with E-state index < -0.39 is 6.10 Å². The summed E-state index contributed by atoms with van der Waals surface area (Å²) in [4.78, 5) is 11.2. The van der Waals surface area contributed by atoms with E-state index in [4.69, 9.17) is 5.11 Å². The van der Waals surface area contributed by atoms with Crippen LogP contribution >= 0.6 is 0 Å². The largest absolute Gasteiger partial charge is 0.396 e. The van der Waals surface area contributed by atoms with E-state index in [0.717, 1.165) is 37.7 Å². The number of hydrogen-bond donors (Lipinski definition) is 2. The van der Waals surface area contributed by atoms with Gasteiger partial charge in [0, 0.05) is 13.0 Å². The molecule has 1 aliphatic rings. The van der Waals surface area contributed by atoms with Crippen molar-refractivity contribution >= 4 is 5.78 Å². The molecule has 0 aromatic heterocycles. The van der Waals surface area contributed by atoms with E-state index in [-0.39, 0.29) is 18.8 Å². The van der Waals surface area contributed by atoms with Crippen LogP contribution in [0, 0.1) is 0 Å². The van der Waals surface area contributed by atoms with E-state index in [9.17, 15) is 9.90 Å². The van der Waals surface area contributed by atoms with Crippen LogP contribution in [-0.4, -0.2) is 28.7 Å². The molecule has 14 heavy (non-hydrogen) atoms. The van der Waals surface area contributed by atoms with Gasteiger partial charge in [-0.15, -0.1) is 0 Å². The zero-order valence-electron chi connectivity index (χ0n) is 8.41. The number of carbonyl (C=O) groups is 1. The zero-order chi connectivity index (χ0) is 10.4. The normalized spacial score (nSPS) is 21.4. The first-order chi connectivity index (χ1) is 6.74. The number of rotatable bonds is 6. The molecule has 80 valence electrons. The van der Waals surface area contributed by atoms with Gasteiger partial charge in [-0.05, 0) is 30.9 Å². The quantitative estimate of drug-likeness (QED) is 0.630. The first kappa shape index (κ1) is 11.4. The first-order valence-corrected chi connectivity index (χ1v) is 5.27. The lowest BCUT2D eigenvalue weighted by molar-refractivity contribution is -0.115. The molecule has 2 N–H and O–H groups in total. The third kappa shape index (κ3) is 3.60. The average molecular weight is 198 g/mol. The van der Waals surface area contributed by atoms with E-state index in [1.807, 2.05) is 0 Å². The highest BCUT2D eigenvalue weighted by atomic mass is 16.3.